The van der Waals surface area contributed by atoms with Crippen molar-refractivity contribution in [3.63, 3.8) is 0 Å². The Hall–Kier alpha value is -2.00. The molecule has 3 rings (SSSR count). The number of ether oxygens (including phenoxy) is 1. The van der Waals surface area contributed by atoms with Gasteiger partial charge in [-0.25, -0.2) is 4.67 Å². The second-order valence-corrected chi connectivity index (χ2v) is 10.5. The highest BCUT2D eigenvalue weighted by Gasteiger charge is 2.42. The molecule has 35 heavy (non-hydrogen) atoms. The van der Waals surface area contributed by atoms with E-state index >= 15 is 0 Å². The fraction of sp³-hybridized carbons (Fsp3) is 0.773. The molecule has 0 amide bonds. The normalized spacial score (nSPS) is 21.5. The number of aryl methyl sites for hydroxylation is 2. The van der Waals surface area contributed by atoms with Gasteiger partial charge < -0.3 is 18.9 Å². The number of aliphatic hydroxyl groups is 1. The Morgan fingerprint density at radius 2 is 2.06 bits per heavy atom. The van der Waals surface area contributed by atoms with E-state index in [0.29, 0.717) is 17.5 Å². The topological polar surface area (TPSA) is 141 Å². The third kappa shape index (κ3) is 6.05. The van der Waals surface area contributed by atoms with E-state index < -0.39 is 27.0 Å². The van der Waals surface area contributed by atoms with Crippen molar-refractivity contribution in [2.24, 2.45) is 7.05 Å². The zero-order chi connectivity index (χ0) is 25.7. The van der Waals surface area contributed by atoms with Crippen LogP contribution in [0.2, 0.25) is 0 Å². The summed E-state index contributed by atoms with van der Waals surface area (Å²) in [6.07, 6.45) is 0.152. The van der Waals surface area contributed by atoms with Gasteiger partial charge in [0.2, 0.25) is 0 Å². The molecule has 0 saturated carbocycles. The molecule has 0 spiro atoms. The molecule has 1 saturated heterocycles. The Morgan fingerprint density at radius 1 is 1.34 bits per heavy atom. The Bertz CT molecular complexity index is 1070. The van der Waals surface area contributed by atoms with Gasteiger partial charge in [0.1, 0.15) is 11.6 Å². The van der Waals surface area contributed by atoms with E-state index in [1.165, 1.54) is 9.36 Å². The minimum absolute atomic E-state index is 0.131. The molecule has 12 nitrogen and oxygen atoms in total. The van der Waals surface area contributed by atoms with Crippen LogP contribution in [0.4, 0.5) is 0 Å². The first-order valence-electron chi connectivity index (χ1n) is 12.1. The highest BCUT2D eigenvalue weighted by atomic mass is 31.2. The monoisotopic (exact) mass is 509 g/mol. The zero-order valence-corrected chi connectivity index (χ0v) is 22.2. The molecule has 0 aromatic carbocycles. The summed E-state index contributed by atoms with van der Waals surface area (Å²) in [5, 5.41) is 31.8. The average Bonchev–Trinajstić information content (AvgIpc) is 3.34. The number of hydrogen-bond acceptors (Lipinski definition) is 10. The molecule has 1 fully saturated rings. The number of aliphatic hydroxyl groups excluding tert-OH is 1. The fourth-order valence-corrected chi connectivity index (χ4v) is 6.04. The van der Waals surface area contributed by atoms with Gasteiger partial charge in [0.15, 0.2) is 11.7 Å². The van der Waals surface area contributed by atoms with Crippen LogP contribution < -0.4 is 5.56 Å². The third-order valence-corrected chi connectivity index (χ3v) is 7.91. The van der Waals surface area contributed by atoms with Gasteiger partial charge >= 0.3 is 0 Å². The molecule has 194 valence electrons. The number of rotatable bonds is 12. The van der Waals surface area contributed by atoms with Crippen LogP contribution in [-0.2, 0) is 27.3 Å². The first kappa shape index (κ1) is 27.6. The quantitative estimate of drug-likeness (QED) is 0.335. The van der Waals surface area contributed by atoms with Crippen molar-refractivity contribution < 1.29 is 18.9 Å². The molecule has 3 unspecified atom stereocenters. The first-order chi connectivity index (χ1) is 16.7. The fourth-order valence-electron chi connectivity index (χ4n) is 4.28. The SMILES string of the molecule is CCCc1nn(C)c2c(=O)n([C@@H]3CC(OP(OCCC#N)N(C(C)C)C(C)C)C(CO)O3)nnc12. The molecule has 3 heterocycles. The maximum absolute atomic E-state index is 13.3. The van der Waals surface area contributed by atoms with Gasteiger partial charge in [0, 0.05) is 25.6 Å². The van der Waals surface area contributed by atoms with Gasteiger partial charge in [-0.05, 0) is 34.1 Å². The van der Waals surface area contributed by atoms with Gasteiger partial charge in [-0.15, -0.1) is 5.10 Å². The molecule has 0 aliphatic carbocycles. The molecule has 1 N–H and O–H groups in total. The lowest BCUT2D eigenvalue weighted by Gasteiger charge is -2.37. The summed E-state index contributed by atoms with van der Waals surface area (Å²) < 4.78 is 23.2. The van der Waals surface area contributed by atoms with E-state index in [9.17, 15) is 9.90 Å². The minimum atomic E-state index is -1.53. The predicted molar refractivity (Wildman–Crippen MR) is 130 cm³/mol. The molecule has 13 heteroatoms. The lowest BCUT2D eigenvalue weighted by molar-refractivity contribution is -0.0488. The summed E-state index contributed by atoms with van der Waals surface area (Å²) in [7, 11) is 0.179. The van der Waals surface area contributed by atoms with Crippen molar-refractivity contribution in [3.8, 4) is 6.07 Å². The molecule has 2 aromatic rings. The lowest BCUT2D eigenvalue weighted by Crippen LogP contribution is -2.36. The Kier molecular flexibility index (Phi) is 9.69. The second-order valence-electron chi connectivity index (χ2n) is 9.09. The van der Waals surface area contributed by atoms with Crippen LogP contribution in [0.3, 0.4) is 0 Å². The summed E-state index contributed by atoms with van der Waals surface area (Å²) >= 11 is 0. The van der Waals surface area contributed by atoms with Crippen LogP contribution in [0.5, 0.6) is 0 Å². The van der Waals surface area contributed by atoms with Crippen molar-refractivity contribution in [2.45, 2.75) is 90.8 Å². The standard InChI is InChI=1S/C22H36N7O5P/c1-7-9-16-20-21(27(6)25-16)22(31)28(26-24-20)19-12-17(18(13-30)33-19)34-35(32-11-8-10-23)29(14(2)3)15(4)5/h14-15,17-19,30H,7-9,11-13H2,1-6H3/t17?,18?,19-,35?/m0/s1. The summed E-state index contributed by atoms with van der Waals surface area (Å²) in [4.78, 5) is 13.3. The number of nitrogens with zero attached hydrogens (tertiary/aromatic N) is 7. The maximum Gasteiger partial charge on any atom is 0.298 e. The first-order valence-corrected chi connectivity index (χ1v) is 13.2. The summed E-state index contributed by atoms with van der Waals surface area (Å²) in [6.45, 7) is 10.2. The van der Waals surface area contributed by atoms with Gasteiger partial charge in [-0.2, -0.15) is 15.0 Å². The maximum atomic E-state index is 13.3. The number of fused-ring (bicyclic) bond motifs is 1. The Balaban J connectivity index is 1.87. The molecular weight excluding hydrogens is 473 g/mol. The van der Waals surface area contributed by atoms with Crippen molar-refractivity contribution in [1.29, 1.82) is 5.26 Å². The highest BCUT2D eigenvalue weighted by Crippen LogP contribution is 2.49. The van der Waals surface area contributed by atoms with Gasteiger partial charge in [0.05, 0.1) is 37.5 Å². The zero-order valence-electron chi connectivity index (χ0n) is 21.3. The van der Waals surface area contributed by atoms with Crippen molar-refractivity contribution in [1.82, 2.24) is 29.4 Å². The van der Waals surface area contributed by atoms with Crippen LogP contribution in [0.25, 0.3) is 11.0 Å². The van der Waals surface area contributed by atoms with Crippen molar-refractivity contribution >= 4 is 19.6 Å². The molecule has 1 aliphatic heterocycles. The van der Waals surface area contributed by atoms with E-state index in [1.54, 1.807) is 7.05 Å². The average molecular weight is 510 g/mol. The molecule has 4 atom stereocenters. The number of nitriles is 1. The lowest BCUT2D eigenvalue weighted by atomic mass is 10.2. The van der Waals surface area contributed by atoms with Crippen LogP contribution >= 0.6 is 8.53 Å². The van der Waals surface area contributed by atoms with Crippen LogP contribution in [-0.4, -0.2) is 72.1 Å². The van der Waals surface area contributed by atoms with E-state index in [2.05, 4.69) is 53.8 Å². The molecular formula is C22H36N7O5P. The van der Waals surface area contributed by atoms with E-state index in [-0.39, 0.29) is 43.7 Å². The van der Waals surface area contributed by atoms with Crippen LogP contribution in [0.15, 0.2) is 4.79 Å². The molecule has 1 aliphatic rings. The predicted octanol–water partition coefficient (Wildman–Crippen LogP) is 2.42. The third-order valence-electron chi connectivity index (χ3n) is 5.75. The number of aromatic nitrogens is 5. The highest BCUT2D eigenvalue weighted by molar-refractivity contribution is 7.44. The Morgan fingerprint density at radius 3 is 2.66 bits per heavy atom. The molecule has 0 bridgehead atoms. The minimum Gasteiger partial charge on any atom is -0.394 e. The van der Waals surface area contributed by atoms with Crippen molar-refractivity contribution in [2.75, 3.05) is 13.2 Å². The summed E-state index contributed by atoms with van der Waals surface area (Å²) in [6, 6.07) is 2.35. The second kappa shape index (κ2) is 12.3. The van der Waals surface area contributed by atoms with Gasteiger partial charge in [-0.3, -0.25) is 9.48 Å². The van der Waals surface area contributed by atoms with Gasteiger partial charge in [0.25, 0.3) is 14.1 Å². The van der Waals surface area contributed by atoms with Gasteiger partial charge in [-0.1, -0.05) is 18.6 Å². The van der Waals surface area contributed by atoms with Crippen LogP contribution in [0, 0.1) is 11.3 Å². The smallest absolute Gasteiger partial charge is 0.298 e. The van der Waals surface area contributed by atoms with E-state index in [0.717, 1.165) is 12.1 Å². The summed E-state index contributed by atoms with van der Waals surface area (Å²) in [5.74, 6) is 0. The Labute approximate surface area is 206 Å². The largest absolute Gasteiger partial charge is 0.394 e. The van der Waals surface area contributed by atoms with E-state index in [4.69, 9.17) is 19.0 Å². The number of hydrogen-bond donors (Lipinski definition) is 1. The van der Waals surface area contributed by atoms with Crippen molar-refractivity contribution in [3.05, 3.63) is 16.0 Å². The summed E-state index contributed by atoms with van der Waals surface area (Å²) in [5.41, 5.74) is 1.25. The van der Waals surface area contributed by atoms with E-state index in [1.807, 2.05) is 6.92 Å². The molecule has 2 aromatic heterocycles. The molecule has 0 radical (unpaired) electrons. The van der Waals surface area contributed by atoms with Crippen LogP contribution in [0.1, 0.15) is 65.8 Å².